The van der Waals surface area contributed by atoms with Crippen LogP contribution in [0.2, 0.25) is 0 Å². The van der Waals surface area contributed by atoms with E-state index in [1.165, 1.54) is 29.2 Å². The van der Waals surface area contributed by atoms with Crippen molar-refractivity contribution < 1.29 is 32.3 Å². The van der Waals surface area contributed by atoms with E-state index in [0.717, 1.165) is 21.9 Å². The Morgan fingerprint density at radius 3 is 2.42 bits per heavy atom. The Morgan fingerprint density at radius 1 is 1.05 bits per heavy atom. The summed E-state index contributed by atoms with van der Waals surface area (Å²) in [5.74, 6) is -0.769. The minimum absolute atomic E-state index is 0.124. The number of halogens is 3. The third-order valence-electron chi connectivity index (χ3n) is 7.62. The van der Waals surface area contributed by atoms with Crippen LogP contribution in [0.3, 0.4) is 0 Å². The summed E-state index contributed by atoms with van der Waals surface area (Å²) in [6, 6.07) is 9.38. The number of hydrogen-bond donors (Lipinski definition) is 0. The maximum Gasteiger partial charge on any atom is 0.416 e. The molecule has 0 aromatic heterocycles. The molecule has 2 aliphatic heterocycles. The van der Waals surface area contributed by atoms with Crippen LogP contribution in [0.15, 0.2) is 59.8 Å². The molecule has 40 heavy (non-hydrogen) atoms. The van der Waals surface area contributed by atoms with Gasteiger partial charge in [0.2, 0.25) is 0 Å². The van der Waals surface area contributed by atoms with Gasteiger partial charge >= 0.3 is 18.2 Å². The largest absolute Gasteiger partial charge is 0.416 e. The van der Waals surface area contributed by atoms with Crippen molar-refractivity contribution in [2.75, 3.05) is 18.0 Å². The van der Waals surface area contributed by atoms with Crippen LogP contribution in [0.25, 0.3) is 0 Å². The second-order valence-corrected chi connectivity index (χ2v) is 10.2. The third kappa shape index (κ3) is 4.74. The van der Waals surface area contributed by atoms with Gasteiger partial charge in [-0.3, -0.25) is 14.5 Å². The third-order valence-corrected chi connectivity index (χ3v) is 7.62. The molecule has 0 saturated carbocycles. The van der Waals surface area contributed by atoms with Crippen molar-refractivity contribution in [3.63, 3.8) is 0 Å². The highest BCUT2D eigenvalue weighted by Crippen LogP contribution is 2.45. The van der Waals surface area contributed by atoms with E-state index in [2.05, 4.69) is 0 Å². The van der Waals surface area contributed by atoms with Gasteiger partial charge in [0.25, 0.3) is 0 Å². The first-order valence-electron chi connectivity index (χ1n) is 12.9. The molecule has 1 aliphatic carbocycles. The second kappa shape index (κ2) is 10.3. The zero-order chi connectivity index (χ0) is 28.8. The average molecular weight is 551 g/mol. The van der Waals surface area contributed by atoms with E-state index >= 15 is 0 Å². The van der Waals surface area contributed by atoms with Gasteiger partial charge in [-0.05, 0) is 55.2 Å². The van der Waals surface area contributed by atoms with Gasteiger partial charge in [-0.2, -0.15) is 18.4 Å². The molecule has 5 rings (SSSR count). The minimum Gasteiger partial charge on any atom is -0.317 e. The number of nitrogens with zero attached hydrogens (tertiary/aromatic N) is 4. The summed E-state index contributed by atoms with van der Waals surface area (Å²) in [5.41, 5.74) is -0.00965. The summed E-state index contributed by atoms with van der Waals surface area (Å²) in [6.07, 6.45) is -3.54. The molecule has 4 amide bonds. The van der Waals surface area contributed by atoms with Gasteiger partial charge < -0.3 is 4.90 Å². The van der Waals surface area contributed by atoms with Crippen LogP contribution in [-0.4, -0.2) is 46.5 Å². The number of carbonyl (C=O) groups excluding carboxylic acids is 4. The number of nitriles is 1. The molecule has 2 aromatic rings. The highest BCUT2D eigenvalue weighted by molar-refractivity contribution is 6.11. The molecule has 0 radical (unpaired) electrons. The fourth-order valence-electron chi connectivity index (χ4n) is 5.44. The van der Waals surface area contributed by atoms with E-state index < -0.39 is 29.8 Å². The molecule has 11 heteroatoms. The van der Waals surface area contributed by atoms with Crippen LogP contribution in [0.4, 0.5) is 28.4 Å². The van der Waals surface area contributed by atoms with Gasteiger partial charge in [0.15, 0.2) is 11.6 Å². The fraction of sp³-hybridized carbons (Fsp3) is 0.345. The van der Waals surface area contributed by atoms with E-state index in [-0.39, 0.29) is 60.4 Å². The number of benzene rings is 2. The lowest BCUT2D eigenvalue weighted by atomic mass is 9.83. The second-order valence-electron chi connectivity index (χ2n) is 10.2. The summed E-state index contributed by atoms with van der Waals surface area (Å²) in [4.78, 5) is 57.3. The zero-order valence-corrected chi connectivity index (χ0v) is 21.6. The number of likely N-dealkylation sites (tertiary alicyclic amines) is 1. The van der Waals surface area contributed by atoms with Crippen molar-refractivity contribution in [1.82, 2.24) is 9.80 Å². The van der Waals surface area contributed by atoms with Crippen LogP contribution < -0.4 is 4.90 Å². The first-order valence-corrected chi connectivity index (χ1v) is 12.9. The van der Waals surface area contributed by atoms with E-state index in [1.54, 1.807) is 19.1 Å². The van der Waals surface area contributed by atoms with Gasteiger partial charge in [0.1, 0.15) is 0 Å². The maximum atomic E-state index is 14.2. The monoisotopic (exact) mass is 550 g/mol. The maximum absolute atomic E-state index is 14.2. The number of Topliss-reactive ketones (excluding diaryl/α,β-unsaturated/α-hetero) is 2. The lowest BCUT2D eigenvalue weighted by molar-refractivity contribution is -0.137. The van der Waals surface area contributed by atoms with E-state index in [4.69, 9.17) is 0 Å². The van der Waals surface area contributed by atoms with Crippen molar-refractivity contribution in [3.05, 3.63) is 76.5 Å². The molecule has 2 heterocycles. The Bertz CT molecular complexity index is 1480. The molecule has 0 N–H and O–H groups in total. The molecule has 8 nitrogen and oxygen atoms in total. The van der Waals surface area contributed by atoms with Gasteiger partial charge in [0.05, 0.1) is 35.5 Å². The topological polar surface area (TPSA) is 102 Å². The highest BCUT2D eigenvalue weighted by atomic mass is 19.4. The van der Waals surface area contributed by atoms with Gasteiger partial charge in [0, 0.05) is 30.2 Å². The lowest BCUT2D eigenvalue weighted by Crippen LogP contribution is -2.59. The molecule has 2 unspecified atom stereocenters. The number of piperidine rings is 1. The lowest BCUT2D eigenvalue weighted by Gasteiger charge is -2.46. The summed E-state index contributed by atoms with van der Waals surface area (Å²) in [6.45, 7) is 1.72. The van der Waals surface area contributed by atoms with Crippen LogP contribution in [0.1, 0.15) is 55.3 Å². The number of anilines is 1. The molecule has 0 spiro atoms. The Morgan fingerprint density at radius 2 is 1.77 bits per heavy atom. The molecular weight excluding hydrogens is 525 g/mol. The first kappa shape index (κ1) is 27.1. The van der Waals surface area contributed by atoms with Crippen molar-refractivity contribution >= 4 is 29.3 Å². The Balaban J connectivity index is 1.70. The quantitative estimate of drug-likeness (QED) is 0.485. The predicted molar refractivity (Wildman–Crippen MR) is 137 cm³/mol. The Hall–Kier alpha value is -4.46. The van der Waals surface area contributed by atoms with Crippen LogP contribution in [0.5, 0.6) is 0 Å². The average Bonchev–Trinajstić information content (AvgIpc) is 2.93. The SMILES string of the molecule is CC1CCN(C(=O)N2C(=O)N(c3cccc(C(F)(F)F)c3)C3=C(C(=O)CCC3)C2c2ccc(C#N)cc2)CC1=O. The first-order chi connectivity index (χ1) is 19.0. The van der Waals surface area contributed by atoms with Gasteiger partial charge in [-0.25, -0.2) is 14.5 Å². The molecule has 0 bridgehead atoms. The molecule has 1 saturated heterocycles. The summed E-state index contributed by atoms with van der Waals surface area (Å²) in [5, 5.41) is 9.25. The number of imide groups is 1. The number of allylic oxidation sites excluding steroid dienone is 1. The number of urea groups is 2. The van der Waals surface area contributed by atoms with Crippen LogP contribution in [0, 0.1) is 17.2 Å². The minimum atomic E-state index is -4.68. The summed E-state index contributed by atoms with van der Waals surface area (Å²) in [7, 11) is 0. The van der Waals surface area contributed by atoms with Crippen molar-refractivity contribution in [2.45, 2.75) is 44.8 Å². The number of alkyl halides is 3. The number of hydrogen-bond acceptors (Lipinski definition) is 5. The standard InChI is InChI=1S/C29H25F3N4O4/c1-17-12-13-34(16-24(17)38)27(39)36-26(19-10-8-18(15-33)9-11-19)25-22(6-3-7-23(25)37)35(28(36)40)21-5-2-4-20(14-21)29(30,31)32/h2,4-5,8-11,14,17,26H,3,6-7,12-13,16H2,1H3. The number of amides is 4. The normalized spacial score (nSPS) is 21.9. The predicted octanol–water partition coefficient (Wildman–Crippen LogP) is 5.60. The number of ketones is 2. The molecule has 206 valence electrons. The zero-order valence-electron chi connectivity index (χ0n) is 21.6. The molecule has 3 aliphatic rings. The molecule has 1 fully saturated rings. The smallest absolute Gasteiger partial charge is 0.317 e. The van der Waals surface area contributed by atoms with Gasteiger partial charge in [-0.15, -0.1) is 0 Å². The summed E-state index contributed by atoms with van der Waals surface area (Å²) < 4.78 is 40.8. The number of rotatable bonds is 2. The fourth-order valence-corrected chi connectivity index (χ4v) is 5.44. The molecule has 2 atom stereocenters. The van der Waals surface area contributed by atoms with Crippen molar-refractivity contribution in [2.24, 2.45) is 5.92 Å². The molecule has 2 aromatic carbocycles. The molecular formula is C29H25F3N4O4. The Labute approximate surface area is 228 Å². The van der Waals surface area contributed by atoms with Crippen LogP contribution >= 0.6 is 0 Å². The van der Waals surface area contributed by atoms with Crippen molar-refractivity contribution in [3.8, 4) is 6.07 Å². The highest BCUT2D eigenvalue weighted by Gasteiger charge is 2.49. The number of carbonyl (C=O) groups is 4. The van der Waals surface area contributed by atoms with Gasteiger partial charge in [-0.1, -0.05) is 25.1 Å². The van der Waals surface area contributed by atoms with E-state index in [0.29, 0.717) is 24.0 Å². The Kier molecular flexibility index (Phi) is 6.96. The van der Waals surface area contributed by atoms with E-state index in [1.807, 2.05) is 6.07 Å². The van der Waals surface area contributed by atoms with E-state index in [9.17, 15) is 37.6 Å². The van der Waals surface area contributed by atoms with Crippen molar-refractivity contribution in [1.29, 1.82) is 5.26 Å². The van der Waals surface area contributed by atoms with Crippen LogP contribution in [-0.2, 0) is 15.8 Å². The summed E-state index contributed by atoms with van der Waals surface area (Å²) >= 11 is 0.